The second-order valence-corrected chi connectivity index (χ2v) is 8.62. The lowest BCUT2D eigenvalue weighted by atomic mass is 9.94. The predicted octanol–water partition coefficient (Wildman–Crippen LogP) is 5.89. The van der Waals surface area contributed by atoms with Gasteiger partial charge in [-0.2, -0.15) is 4.98 Å². The van der Waals surface area contributed by atoms with Gasteiger partial charge in [0.2, 0.25) is 5.82 Å². The summed E-state index contributed by atoms with van der Waals surface area (Å²) < 4.78 is 24.6. The number of aryl methyl sites for hydroxylation is 1. The van der Waals surface area contributed by atoms with Crippen molar-refractivity contribution in [2.45, 2.75) is 26.4 Å². The van der Waals surface area contributed by atoms with Gasteiger partial charge in [0.15, 0.2) is 0 Å². The Morgan fingerprint density at radius 3 is 2.47 bits per heavy atom. The molecule has 1 aliphatic rings. The second-order valence-electron chi connectivity index (χ2n) is 8.62. The average Bonchev–Trinajstić information content (AvgIpc) is 3.37. The lowest BCUT2D eigenvalue weighted by Crippen LogP contribution is -2.45. The van der Waals surface area contributed by atoms with E-state index in [9.17, 15) is 9.18 Å². The van der Waals surface area contributed by atoms with Gasteiger partial charge in [0.25, 0.3) is 5.89 Å². The number of aromatic nitrogens is 2. The molecule has 1 atom stereocenters. The van der Waals surface area contributed by atoms with E-state index in [2.05, 4.69) is 15.5 Å². The molecule has 5 rings (SSSR count). The van der Waals surface area contributed by atoms with Gasteiger partial charge in [0, 0.05) is 16.8 Å². The van der Waals surface area contributed by atoms with Gasteiger partial charge in [-0.15, -0.1) is 0 Å². The number of allylic oxidation sites excluding steroid dienone is 1. The Kier molecular flexibility index (Phi) is 6.25. The van der Waals surface area contributed by atoms with Crippen molar-refractivity contribution in [1.82, 2.24) is 20.4 Å². The zero-order valence-electron chi connectivity index (χ0n) is 20.2. The molecule has 0 radical (unpaired) electrons. The van der Waals surface area contributed by atoms with Gasteiger partial charge in [0.05, 0.1) is 25.3 Å². The Hall–Kier alpha value is -4.46. The second kappa shape index (κ2) is 9.65. The number of methoxy groups -OCH3 is 1. The number of carbonyl (C=O) groups is 1. The maximum absolute atomic E-state index is 13.4. The van der Waals surface area contributed by atoms with Crippen LogP contribution < -0.4 is 10.1 Å². The van der Waals surface area contributed by atoms with Crippen LogP contribution in [0.25, 0.3) is 17.0 Å². The first-order valence-corrected chi connectivity index (χ1v) is 11.5. The minimum atomic E-state index is -0.492. The first-order valence-electron chi connectivity index (χ1n) is 11.5. The maximum atomic E-state index is 13.4. The molecule has 7 nitrogen and oxygen atoms in total. The largest absolute Gasteiger partial charge is 0.496 e. The van der Waals surface area contributed by atoms with Crippen molar-refractivity contribution in [3.05, 3.63) is 107 Å². The molecule has 0 saturated carbocycles. The highest BCUT2D eigenvalue weighted by atomic mass is 19.1. The van der Waals surface area contributed by atoms with Crippen molar-refractivity contribution < 1.29 is 18.4 Å². The van der Waals surface area contributed by atoms with Crippen molar-refractivity contribution in [2.75, 3.05) is 7.11 Å². The van der Waals surface area contributed by atoms with Gasteiger partial charge < -0.3 is 14.6 Å². The van der Waals surface area contributed by atoms with Crippen LogP contribution in [0.1, 0.15) is 35.5 Å². The van der Waals surface area contributed by atoms with Crippen molar-refractivity contribution in [3.8, 4) is 17.1 Å². The molecule has 1 aliphatic heterocycles. The third-order valence-corrected chi connectivity index (χ3v) is 6.29. The fourth-order valence-corrected chi connectivity index (χ4v) is 4.31. The molecule has 0 fully saturated rings. The van der Waals surface area contributed by atoms with E-state index in [1.54, 1.807) is 24.1 Å². The smallest absolute Gasteiger partial charge is 0.322 e. The molecule has 2 heterocycles. The molecule has 36 heavy (non-hydrogen) atoms. The number of urea groups is 1. The Bertz CT molecular complexity index is 1430. The van der Waals surface area contributed by atoms with E-state index in [0.717, 1.165) is 16.7 Å². The highest BCUT2D eigenvalue weighted by molar-refractivity contribution is 5.87. The molecule has 0 saturated heterocycles. The van der Waals surface area contributed by atoms with Crippen LogP contribution in [-0.2, 0) is 6.54 Å². The van der Waals surface area contributed by atoms with E-state index in [4.69, 9.17) is 9.26 Å². The molecular formula is C28H25FN4O3. The molecule has 2 amide bonds. The fourth-order valence-electron chi connectivity index (χ4n) is 4.31. The number of nitrogens with one attached hydrogen (secondary N) is 1. The van der Waals surface area contributed by atoms with Crippen LogP contribution in [0.3, 0.4) is 0 Å². The number of hydrogen-bond donors (Lipinski definition) is 1. The van der Waals surface area contributed by atoms with E-state index >= 15 is 0 Å². The van der Waals surface area contributed by atoms with Crippen LogP contribution in [0.4, 0.5) is 9.18 Å². The third-order valence-electron chi connectivity index (χ3n) is 6.29. The first-order chi connectivity index (χ1) is 17.4. The number of benzene rings is 3. The normalized spacial score (nSPS) is 15.7. The molecule has 182 valence electrons. The lowest BCUT2D eigenvalue weighted by molar-refractivity contribution is 0.202. The van der Waals surface area contributed by atoms with Crippen LogP contribution in [0.15, 0.2) is 83.0 Å². The number of hydrogen-bond acceptors (Lipinski definition) is 5. The number of carbonyl (C=O) groups excluding carboxylic acids is 1. The molecule has 1 aromatic heterocycles. The Balaban J connectivity index is 1.60. The zero-order valence-corrected chi connectivity index (χ0v) is 20.2. The Labute approximate surface area is 208 Å². The Morgan fingerprint density at radius 2 is 1.75 bits per heavy atom. The van der Waals surface area contributed by atoms with Crippen LogP contribution in [0, 0.1) is 12.7 Å². The monoisotopic (exact) mass is 484 g/mol. The van der Waals surface area contributed by atoms with Gasteiger partial charge in [-0.25, -0.2) is 9.18 Å². The maximum Gasteiger partial charge on any atom is 0.322 e. The van der Waals surface area contributed by atoms with E-state index in [0.29, 0.717) is 35.0 Å². The highest BCUT2D eigenvalue weighted by Crippen LogP contribution is 2.38. The summed E-state index contributed by atoms with van der Waals surface area (Å²) in [5, 5.41) is 7.24. The highest BCUT2D eigenvalue weighted by Gasteiger charge is 2.36. The van der Waals surface area contributed by atoms with E-state index in [1.165, 1.54) is 12.1 Å². The fraction of sp³-hybridized carbons (Fsp3) is 0.179. The number of para-hydroxylation sites is 1. The minimum Gasteiger partial charge on any atom is -0.496 e. The molecule has 0 aliphatic carbocycles. The summed E-state index contributed by atoms with van der Waals surface area (Å²) in [6, 6.07) is 20.7. The van der Waals surface area contributed by atoms with E-state index < -0.39 is 6.04 Å². The molecule has 3 aromatic carbocycles. The predicted molar refractivity (Wildman–Crippen MR) is 133 cm³/mol. The summed E-state index contributed by atoms with van der Waals surface area (Å²) in [7, 11) is 1.60. The lowest BCUT2D eigenvalue weighted by Gasteiger charge is -2.35. The van der Waals surface area contributed by atoms with Crippen molar-refractivity contribution in [2.24, 2.45) is 0 Å². The van der Waals surface area contributed by atoms with Gasteiger partial charge in [0.1, 0.15) is 11.6 Å². The summed E-state index contributed by atoms with van der Waals surface area (Å²) in [5.74, 6) is 0.961. The van der Waals surface area contributed by atoms with Crippen LogP contribution in [-0.4, -0.2) is 28.2 Å². The number of nitrogens with zero attached hydrogens (tertiary/aromatic N) is 3. The van der Waals surface area contributed by atoms with Gasteiger partial charge in [-0.05, 0) is 49.7 Å². The molecule has 1 N–H and O–H groups in total. The van der Waals surface area contributed by atoms with Gasteiger partial charge in [-0.1, -0.05) is 53.2 Å². The van der Waals surface area contributed by atoms with Gasteiger partial charge in [-0.3, -0.25) is 4.90 Å². The summed E-state index contributed by atoms with van der Waals surface area (Å²) in [6.45, 7) is 4.17. The molecule has 0 bridgehead atoms. The number of halogens is 1. The SMILES string of the molecule is COc1ccccc1CN1C(=O)NC(c2ccc(C)cc2)C(c2nc(-c3ccc(F)cc3)no2)=C1C. The summed E-state index contributed by atoms with van der Waals surface area (Å²) >= 11 is 0. The van der Waals surface area contributed by atoms with Crippen LogP contribution >= 0.6 is 0 Å². The third kappa shape index (κ3) is 4.45. The Morgan fingerprint density at radius 1 is 1.03 bits per heavy atom. The molecule has 0 spiro atoms. The zero-order chi connectivity index (χ0) is 25.2. The summed E-state index contributed by atoms with van der Waals surface area (Å²) in [4.78, 5) is 19.6. The van der Waals surface area contributed by atoms with Crippen molar-refractivity contribution >= 4 is 11.6 Å². The molecule has 1 unspecified atom stereocenters. The first kappa shape index (κ1) is 23.3. The quantitative estimate of drug-likeness (QED) is 0.369. The summed E-state index contributed by atoms with van der Waals surface area (Å²) in [6.07, 6.45) is 0. The number of ether oxygens (including phenoxy) is 1. The van der Waals surface area contributed by atoms with Gasteiger partial charge >= 0.3 is 6.03 Å². The van der Waals surface area contributed by atoms with E-state index in [-0.39, 0.29) is 17.7 Å². The van der Waals surface area contributed by atoms with E-state index in [1.807, 2.05) is 62.4 Å². The summed E-state index contributed by atoms with van der Waals surface area (Å²) in [5.41, 5.74) is 4.86. The van der Waals surface area contributed by atoms with Crippen LogP contribution in [0.2, 0.25) is 0 Å². The van der Waals surface area contributed by atoms with Crippen LogP contribution in [0.5, 0.6) is 5.75 Å². The molecular weight excluding hydrogens is 459 g/mol. The van der Waals surface area contributed by atoms with Crippen molar-refractivity contribution in [1.29, 1.82) is 0 Å². The number of amides is 2. The molecule has 8 heteroatoms. The van der Waals surface area contributed by atoms with Crippen molar-refractivity contribution in [3.63, 3.8) is 0 Å². The topological polar surface area (TPSA) is 80.5 Å². The average molecular weight is 485 g/mol. The molecule has 4 aromatic rings. The number of rotatable bonds is 6. The minimum absolute atomic E-state index is 0.244. The standard InChI is InChI=1S/C28H25FN4O3/c1-17-8-10-19(11-9-17)25-24(27-31-26(32-36-27)20-12-14-22(29)15-13-20)18(2)33(28(34)30-25)16-21-6-4-5-7-23(21)35-3/h4-15,25H,16H2,1-3H3,(H,30,34).